The van der Waals surface area contributed by atoms with Crippen molar-refractivity contribution in [2.75, 3.05) is 0 Å². The molecule has 1 rings (SSSR count). The third-order valence-corrected chi connectivity index (χ3v) is 3.50. The van der Waals surface area contributed by atoms with Gasteiger partial charge in [0.15, 0.2) is 5.78 Å². The van der Waals surface area contributed by atoms with Gasteiger partial charge in [0.05, 0.1) is 6.04 Å². The fourth-order valence-electron chi connectivity index (χ4n) is 2.67. The average molecular weight is 283 g/mol. The second-order valence-electron chi connectivity index (χ2n) is 7.25. The number of likely N-dealkylation sites (tertiary alicyclic amines) is 1. The highest BCUT2D eigenvalue weighted by atomic mass is 16.6. The molecule has 1 fully saturated rings. The van der Waals surface area contributed by atoms with Crippen LogP contribution in [0.15, 0.2) is 0 Å². The predicted octanol–water partition coefficient (Wildman–Crippen LogP) is 3.78. The van der Waals surface area contributed by atoms with E-state index >= 15 is 0 Å². The van der Waals surface area contributed by atoms with E-state index in [2.05, 4.69) is 0 Å². The second kappa shape index (κ2) is 6.59. The second-order valence-corrected chi connectivity index (χ2v) is 7.25. The molecule has 0 bridgehead atoms. The Labute approximate surface area is 122 Å². The molecular formula is C16H29NO3. The Morgan fingerprint density at radius 2 is 1.85 bits per heavy atom. The van der Waals surface area contributed by atoms with Crippen LogP contribution in [0.3, 0.4) is 0 Å². The lowest BCUT2D eigenvalue weighted by molar-refractivity contribution is -0.127. The average Bonchev–Trinajstić information content (AvgIpc) is 2.24. The summed E-state index contributed by atoms with van der Waals surface area (Å²) in [6, 6.07) is -0.240. The molecule has 0 radical (unpaired) electrons. The van der Waals surface area contributed by atoms with E-state index in [1.165, 1.54) is 0 Å². The number of hydrogen-bond acceptors (Lipinski definition) is 3. The summed E-state index contributed by atoms with van der Waals surface area (Å²) in [6.45, 7) is 11.6. The van der Waals surface area contributed by atoms with Gasteiger partial charge in [-0.25, -0.2) is 4.79 Å². The quantitative estimate of drug-likeness (QED) is 0.792. The van der Waals surface area contributed by atoms with Gasteiger partial charge in [-0.05, 0) is 52.9 Å². The molecule has 4 heteroatoms. The van der Waals surface area contributed by atoms with Crippen molar-refractivity contribution in [1.29, 1.82) is 0 Å². The molecule has 0 aromatic rings. The highest BCUT2D eigenvalue weighted by Crippen LogP contribution is 2.27. The van der Waals surface area contributed by atoms with E-state index < -0.39 is 5.60 Å². The molecule has 0 aromatic heterocycles. The van der Waals surface area contributed by atoms with Gasteiger partial charge in [0, 0.05) is 12.5 Å². The number of amides is 1. The van der Waals surface area contributed by atoms with Crippen LogP contribution in [-0.4, -0.2) is 34.5 Å². The van der Waals surface area contributed by atoms with Gasteiger partial charge in [0.1, 0.15) is 5.60 Å². The van der Waals surface area contributed by atoms with Gasteiger partial charge in [0.25, 0.3) is 0 Å². The lowest BCUT2D eigenvalue weighted by atomic mass is 9.91. The summed E-state index contributed by atoms with van der Waals surface area (Å²) in [5, 5.41) is 0. The zero-order valence-electron chi connectivity index (χ0n) is 13.7. The van der Waals surface area contributed by atoms with Crippen molar-refractivity contribution in [2.45, 2.75) is 84.9 Å². The first-order chi connectivity index (χ1) is 9.11. The van der Waals surface area contributed by atoms with Crippen molar-refractivity contribution in [3.05, 3.63) is 0 Å². The number of carbonyl (C=O) groups is 2. The highest BCUT2D eigenvalue weighted by Gasteiger charge is 2.38. The van der Waals surface area contributed by atoms with Crippen LogP contribution in [0, 0.1) is 5.92 Å². The van der Waals surface area contributed by atoms with E-state index in [1.54, 1.807) is 4.90 Å². The van der Waals surface area contributed by atoms with Gasteiger partial charge in [0.2, 0.25) is 0 Å². The molecule has 1 amide bonds. The monoisotopic (exact) mass is 283 g/mol. The van der Waals surface area contributed by atoms with Crippen molar-refractivity contribution in [3.63, 3.8) is 0 Å². The standard InChI is InChI=1S/C16H29NO3/c1-11(2)10-14(18)13-9-7-8-12(3)17(13)15(19)20-16(4,5)6/h11-13H,7-10H2,1-6H3/t12-,13+/m1/s1. The third kappa shape index (κ3) is 4.80. The summed E-state index contributed by atoms with van der Waals surface area (Å²) in [6.07, 6.45) is 2.86. The smallest absolute Gasteiger partial charge is 0.411 e. The van der Waals surface area contributed by atoms with Gasteiger partial charge in [-0.1, -0.05) is 13.8 Å². The molecule has 1 saturated heterocycles. The van der Waals surface area contributed by atoms with E-state index in [0.717, 1.165) is 19.3 Å². The first-order valence-corrected chi connectivity index (χ1v) is 7.66. The molecule has 2 atom stereocenters. The Morgan fingerprint density at radius 3 is 2.35 bits per heavy atom. The van der Waals surface area contributed by atoms with E-state index in [-0.39, 0.29) is 24.0 Å². The Balaban J connectivity index is 2.85. The van der Waals surface area contributed by atoms with Crippen molar-refractivity contribution >= 4 is 11.9 Å². The van der Waals surface area contributed by atoms with Gasteiger partial charge in [-0.2, -0.15) is 0 Å². The summed E-state index contributed by atoms with van der Waals surface area (Å²) in [5.41, 5.74) is -0.528. The van der Waals surface area contributed by atoms with Crippen LogP contribution in [0.2, 0.25) is 0 Å². The number of Topliss-reactive ketones (excluding diaryl/α,β-unsaturated/α-hetero) is 1. The first kappa shape index (κ1) is 17.0. The number of ether oxygens (including phenoxy) is 1. The topological polar surface area (TPSA) is 46.6 Å². The van der Waals surface area contributed by atoms with Crippen LogP contribution in [-0.2, 0) is 9.53 Å². The van der Waals surface area contributed by atoms with Crippen LogP contribution in [0.4, 0.5) is 4.79 Å². The molecule has 0 spiro atoms. The Hall–Kier alpha value is -1.06. The maximum atomic E-state index is 12.4. The zero-order chi connectivity index (χ0) is 15.5. The molecule has 1 aliphatic rings. The number of ketones is 1. The van der Waals surface area contributed by atoms with Crippen LogP contribution in [0.1, 0.15) is 67.2 Å². The predicted molar refractivity (Wildman–Crippen MR) is 79.6 cm³/mol. The number of nitrogens with zero attached hydrogens (tertiary/aromatic N) is 1. The summed E-state index contributed by atoms with van der Waals surface area (Å²) in [4.78, 5) is 26.4. The van der Waals surface area contributed by atoms with Gasteiger partial charge < -0.3 is 4.74 Å². The minimum absolute atomic E-state index is 0.0692. The van der Waals surface area contributed by atoms with Crippen LogP contribution in [0.25, 0.3) is 0 Å². The number of piperidine rings is 1. The number of hydrogen-bond donors (Lipinski definition) is 0. The van der Waals surface area contributed by atoms with Crippen molar-refractivity contribution in [1.82, 2.24) is 4.90 Å². The van der Waals surface area contributed by atoms with Gasteiger partial charge in [-0.3, -0.25) is 9.69 Å². The maximum Gasteiger partial charge on any atom is 0.411 e. The molecule has 20 heavy (non-hydrogen) atoms. The molecule has 1 heterocycles. The summed E-state index contributed by atoms with van der Waals surface area (Å²) >= 11 is 0. The van der Waals surface area contributed by atoms with Crippen LogP contribution >= 0.6 is 0 Å². The van der Waals surface area contributed by atoms with Crippen molar-refractivity contribution in [2.24, 2.45) is 5.92 Å². The molecule has 0 unspecified atom stereocenters. The van der Waals surface area contributed by atoms with E-state index in [1.807, 2.05) is 41.5 Å². The number of carbonyl (C=O) groups excluding carboxylic acids is 2. The van der Waals surface area contributed by atoms with Crippen LogP contribution in [0.5, 0.6) is 0 Å². The minimum Gasteiger partial charge on any atom is -0.444 e. The van der Waals surface area contributed by atoms with E-state index in [4.69, 9.17) is 4.74 Å². The molecule has 0 saturated carbocycles. The zero-order valence-corrected chi connectivity index (χ0v) is 13.7. The maximum absolute atomic E-state index is 12.4. The largest absolute Gasteiger partial charge is 0.444 e. The lowest BCUT2D eigenvalue weighted by Crippen LogP contribution is -2.53. The minimum atomic E-state index is -0.528. The van der Waals surface area contributed by atoms with Crippen molar-refractivity contribution < 1.29 is 14.3 Å². The third-order valence-electron chi connectivity index (χ3n) is 3.50. The van der Waals surface area contributed by atoms with E-state index in [0.29, 0.717) is 12.3 Å². The molecule has 4 nitrogen and oxygen atoms in total. The first-order valence-electron chi connectivity index (χ1n) is 7.66. The summed E-state index contributed by atoms with van der Waals surface area (Å²) < 4.78 is 5.47. The fraction of sp³-hybridized carbons (Fsp3) is 0.875. The number of rotatable bonds is 3. The summed E-state index contributed by atoms with van der Waals surface area (Å²) in [7, 11) is 0. The Morgan fingerprint density at radius 1 is 1.25 bits per heavy atom. The van der Waals surface area contributed by atoms with Gasteiger partial charge >= 0.3 is 6.09 Å². The summed E-state index contributed by atoms with van der Waals surface area (Å²) in [5.74, 6) is 0.484. The van der Waals surface area contributed by atoms with E-state index in [9.17, 15) is 9.59 Å². The SMILES string of the molecule is CC(C)CC(=O)[C@@H]1CCC[C@@H](C)N1C(=O)OC(C)(C)C. The molecule has 0 aromatic carbocycles. The highest BCUT2D eigenvalue weighted by molar-refractivity contribution is 5.88. The van der Waals surface area contributed by atoms with Crippen LogP contribution < -0.4 is 0 Å². The molecular weight excluding hydrogens is 254 g/mol. The Bertz CT molecular complexity index is 357. The molecule has 0 N–H and O–H groups in total. The Kier molecular flexibility index (Phi) is 5.60. The van der Waals surface area contributed by atoms with Crippen molar-refractivity contribution in [3.8, 4) is 0 Å². The normalized spacial score (nSPS) is 23.9. The lowest BCUT2D eigenvalue weighted by Gasteiger charge is -2.40. The van der Waals surface area contributed by atoms with Gasteiger partial charge in [-0.15, -0.1) is 0 Å². The molecule has 116 valence electrons. The molecule has 0 aliphatic carbocycles. The fourth-order valence-corrected chi connectivity index (χ4v) is 2.67. The molecule has 1 aliphatic heterocycles.